The average molecular weight is 246 g/mol. The van der Waals surface area contributed by atoms with Crippen molar-refractivity contribution in [2.45, 2.75) is 39.5 Å². The normalized spacial score (nSPS) is 19.5. The Morgan fingerprint density at radius 2 is 2.22 bits per heavy atom. The number of anilines is 1. The first-order valence-corrected chi connectivity index (χ1v) is 7.29. The van der Waals surface area contributed by atoms with E-state index >= 15 is 0 Å². The lowest BCUT2D eigenvalue weighted by molar-refractivity contribution is 0.530. The van der Waals surface area contributed by atoms with E-state index in [-0.39, 0.29) is 0 Å². The first-order valence-electron chi connectivity index (χ1n) is 7.29. The van der Waals surface area contributed by atoms with Crippen molar-refractivity contribution in [2.24, 2.45) is 11.7 Å². The monoisotopic (exact) mass is 246 g/mol. The van der Waals surface area contributed by atoms with Crippen LogP contribution in [0.25, 0.3) is 0 Å². The van der Waals surface area contributed by atoms with Gasteiger partial charge in [0.1, 0.15) is 0 Å². The van der Waals surface area contributed by atoms with Crippen LogP contribution in [0.15, 0.2) is 18.2 Å². The van der Waals surface area contributed by atoms with Crippen LogP contribution in [-0.4, -0.2) is 19.6 Å². The van der Waals surface area contributed by atoms with Crippen molar-refractivity contribution in [3.05, 3.63) is 29.3 Å². The van der Waals surface area contributed by atoms with E-state index in [1.54, 1.807) is 0 Å². The molecule has 1 aliphatic rings. The predicted molar refractivity (Wildman–Crippen MR) is 79.2 cm³/mol. The standard InChI is InChI=1S/C16H26N2/c1-3-4-14-8-10-18(12-14)16-6-5-15(7-9-17)13(2)11-16/h5-6,11,14H,3-4,7-10,12,17H2,1-2H3. The summed E-state index contributed by atoms with van der Waals surface area (Å²) in [6.45, 7) is 7.69. The maximum Gasteiger partial charge on any atom is 0.0369 e. The molecule has 0 amide bonds. The van der Waals surface area contributed by atoms with Gasteiger partial charge >= 0.3 is 0 Å². The van der Waals surface area contributed by atoms with Crippen LogP contribution < -0.4 is 10.6 Å². The summed E-state index contributed by atoms with van der Waals surface area (Å²) in [4.78, 5) is 2.54. The average Bonchev–Trinajstić information content (AvgIpc) is 2.81. The van der Waals surface area contributed by atoms with Gasteiger partial charge in [-0.25, -0.2) is 0 Å². The van der Waals surface area contributed by atoms with Gasteiger partial charge in [0.15, 0.2) is 0 Å². The van der Waals surface area contributed by atoms with Crippen LogP contribution in [0.5, 0.6) is 0 Å². The van der Waals surface area contributed by atoms with Gasteiger partial charge in [0, 0.05) is 18.8 Å². The second-order valence-electron chi connectivity index (χ2n) is 5.54. The molecule has 18 heavy (non-hydrogen) atoms. The third kappa shape index (κ3) is 3.05. The van der Waals surface area contributed by atoms with Gasteiger partial charge in [-0.05, 0) is 61.9 Å². The molecule has 0 aliphatic carbocycles. The molecule has 1 aromatic rings. The van der Waals surface area contributed by atoms with Crippen LogP contribution in [0.3, 0.4) is 0 Å². The highest BCUT2D eigenvalue weighted by Gasteiger charge is 2.21. The summed E-state index contributed by atoms with van der Waals surface area (Å²) in [5.74, 6) is 0.902. The summed E-state index contributed by atoms with van der Waals surface area (Å²) >= 11 is 0. The fourth-order valence-electron chi connectivity index (χ4n) is 3.02. The van der Waals surface area contributed by atoms with Crippen molar-refractivity contribution in [3.63, 3.8) is 0 Å². The molecule has 1 unspecified atom stereocenters. The zero-order valence-electron chi connectivity index (χ0n) is 11.8. The highest BCUT2D eigenvalue weighted by molar-refractivity contribution is 5.51. The number of nitrogens with zero attached hydrogens (tertiary/aromatic N) is 1. The minimum absolute atomic E-state index is 0.739. The lowest BCUT2D eigenvalue weighted by atomic mass is 10.0. The Hall–Kier alpha value is -1.02. The van der Waals surface area contributed by atoms with Gasteiger partial charge < -0.3 is 10.6 Å². The second-order valence-corrected chi connectivity index (χ2v) is 5.54. The van der Waals surface area contributed by atoms with Crippen molar-refractivity contribution >= 4 is 5.69 Å². The van der Waals surface area contributed by atoms with Crippen LogP contribution >= 0.6 is 0 Å². The molecule has 2 nitrogen and oxygen atoms in total. The SMILES string of the molecule is CCCC1CCN(c2ccc(CCN)c(C)c2)C1. The molecule has 0 radical (unpaired) electrons. The molecule has 1 saturated heterocycles. The van der Waals surface area contributed by atoms with Crippen LogP contribution in [0, 0.1) is 12.8 Å². The molecule has 1 aromatic carbocycles. The van der Waals surface area contributed by atoms with Gasteiger partial charge in [0.05, 0.1) is 0 Å². The van der Waals surface area contributed by atoms with Crippen molar-refractivity contribution in [2.75, 3.05) is 24.5 Å². The zero-order chi connectivity index (χ0) is 13.0. The number of aryl methyl sites for hydroxylation is 1. The van der Waals surface area contributed by atoms with Crippen LogP contribution in [0.2, 0.25) is 0 Å². The Morgan fingerprint density at radius 1 is 1.39 bits per heavy atom. The quantitative estimate of drug-likeness (QED) is 0.865. The third-order valence-corrected chi connectivity index (χ3v) is 4.09. The summed E-state index contributed by atoms with van der Waals surface area (Å²) in [5.41, 5.74) is 9.81. The number of hydrogen-bond donors (Lipinski definition) is 1. The summed E-state index contributed by atoms with van der Waals surface area (Å²) in [6.07, 6.45) is 5.04. The molecule has 2 heteroatoms. The summed E-state index contributed by atoms with van der Waals surface area (Å²) < 4.78 is 0. The van der Waals surface area contributed by atoms with E-state index in [1.165, 1.54) is 49.2 Å². The highest BCUT2D eigenvalue weighted by Crippen LogP contribution is 2.27. The first-order chi connectivity index (χ1) is 8.74. The van der Waals surface area contributed by atoms with Gasteiger partial charge in [-0.1, -0.05) is 19.4 Å². The fourth-order valence-corrected chi connectivity index (χ4v) is 3.02. The van der Waals surface area contributed by atoms with Crippen molar-refractivity contribution in [1.29, 1.82) is 0 Å². The van der Waals surface area contributed by atoms with E-state index in [1.807, 2.05) is 0 Å². The van der Waals surface area contributed by atoms with E-state index in [0.717, 1.165) is 18.9 Å². The minimum atomic E-state index is 0.739. The molecule has 2 rings (SSSR count). The van der Waals surface area contributed by atoms with Gasteiger partial charge in [0.2, 0.25) is 0 Å². The van der Waals surface area contributed by atoms with Crippen LogP contribution in [0.4, 0.5) is 5.69 Å². The topological polar surface area (TPSA) is 29.3 Å². The van der Waals surface area contributed by atoms with E-state index in [2.05, 4.69) is 36.9 Å². The number of rotatable bonds is 5. The zero-order valence-corrected chi connectivity index (χ0v) is 11.8. The van der Waals surface area contributed by atoms with Crippen molar-refractivity contribution < 1.29 is 0 Å². The molecule has 0 spiro atoms. The number of nitrogens with two attached hydrogens (primary N) is 1. The molecule has 0 saturated carbocycles. The molecule has 2 N–H and O–H groups in total. The van der Waals surface area contributed by atoms with E-state index in [0.29, 0.717) is 0 Å². The van der Waals surface area contributed by atoms with Crippen LogP contribution in [0.1, 0.15) is 37.3 Å². The Balaban J connectivity index is 2.04. The van der Waals surface area contributed by atoms with Gasteiger partial charge in [-0.2, -0.15) is 0 Å². The Kier molecular flexibility index (Phi) is 4.65. The van der Waals surface area contributed by atoms with Crippen LogP contribution in [-0.2, 0) is 6.42 Å². The van der Waals surface area contributed by atoms with Crippen molar-refractivity contribution in [3.8, 4) is 0 Å². The second kappa shape index (κ2) is 6.24. The molecule has 0 aromatic heterocycles. The first kappa shape index (κ1) is 13.4. The highest BCUT2D eigenvalue weighted by atomic mass is 15.1. The lowest BCUT2D eigenvalue weighted by Gasteiger charge is -2.20. The molecular weight excluding hydrogens is 220 g/mol. The molecule has 100 valence electrons. The summed E-state index contributed by atoms with van der Waals surface area (Å²) in [6, 6.07) is 6.86. The maximum absolute atomic E-state index is 5.63. The number of hydrogen-bond acceptors (Lipinski definition) is 2. The van der Waals surface area contributed by atoms with Gasteiger partial charge in [-0.15, -0.1) is 0 Å². The molecule has 0 bridgehead atoms. The number of benzene rings is 1. The predicted octanol–water partition coefficient (Wildman–Crippen LogP) is 3.12. The minimum Gasteiger partial charge on any atom is -0.371 e. The van der Waals surface area contributed by atoms with E-state index in [4.69, 9.17) is 5.73 Å². The lowest BCUT2D eigenvalue weighted by Crippen LogP contribution is -2.19. The Labute approximate surface area is 111 Å². The molecule has 1 fully saturated rings. The van der Waals surface area contributed by atoms with Gasteiger partial charge in [-0.3, -0.25) is 0 Å². The summed E-state index contributed by atoms with van der Waals surface area (Å²) in [5, 5.41) is 0. The van der Waals surface area contributed by atoms with Crippen molar-refractivity contribution in [1.82, 2.24) is 0 Å². The summed E-state index contributed by atoms with van der Waals surface area (Å²) in [7, 11) is 0. The molecular formula is C16H26N2. The Bertz CT molecular complexity index is 387. The largest absolute Gasteiger partial charge is 0.371 e. The molecule has 1 atom stereocenters. The maximum atomic E-state index is 5.63. The third-order valence-electron chi connectivity index (χ3n) is 4.09. The fraction of sp³-hybridized carbons (Fsp3) is 0.625. The van der Waals surface area contributed by atoms with E-state index in [9.17, 15) is 0 Å². The molecule has 1 aliphatic heterocycles. The van der Waals surface area contributed by atoms with Gasteiger partial charge in [0.25, 0.3) is 0 Å². The molecule has 1 heterocycles. The smallest absolute Gasteiger partial charge is 0.0369 e. The Morgan fingerprint density at radius 3 is 2.89 bits per heavy atom. The van der Waals surface area contributed by atoms with E-state index < -0.39 is 0 Å².